The molecule has 0 unspecified atom stereocenters. The Morgan fingerprint density at radius 1 is 1.21 bits per heavy atom. The number of carbonyl (C=O) groups excluding carboxylic acids is 1. The van der Waals surface area contributed by atoms with Crippen LogP contribution in [0.3, 0.4) is 0 Å². The number of ether oxygens (including phenoxy) is 1. The fourth-order valence-electron chi connectivity index (χ4n) is 1.86. The first-order valence-electron chi connectivity index (χ1n) is 5.10. The number of rotatable bonds is 3. The van der Waals surface area contributed by atoms with E-state index in [2.05, 4.69) is 4.74 Å². The maximum Gasteiger partial charge on any atom is 0.417 e. The number of esters is 1. The molecule has 0 aromatic rings. The summed E-state index contributed by atoms with van der Waals surface area (Å²) in [6.07, 6.45) is 6.97. The zero-order chi connectivity index (χ0) is 10.4. The van der Waals surface area contributed by atoms with Gasteiger partial charge in [0.05, 0.1) is 6.61 Å². The highest BCUT2D eigenvalue weighted by atomic mass is 16.6. The lowest BCUT2D eigenvalue weighted by atomic mass is 9.87. The summed E-state index contributed by atoms with van der Waals surface area (Å²) in [6.45, 7) is 0.246. The molecule has 14 heavy (non-hydrogen) atoms. The van der Waals surface area contributed by atoms with E-state index in [1.165, 1.54) is 32.1 Å². The summed E-state index contributed by atoms with van der Waals surface area (Å²) in [6, 6.07) is 0. The van der Waals surface area contributed by atoms with E-state index in [4.69, 9.17) is 5.11 Å². The van der Waals surface area contributed by atoms with Crippen LogP contribution in [0.2, 0.25) is 0 Å². The van der Waals surface area contributed by atoms with E-state index in [1.54, 1.807) is 0 Å². The summed E-state index contributed by atoms with van der Waals surface area (Å²) >= 11 is 0. The molecular formula is C10H16O4. The Kier molecular flexibility index (Phi) is 4.43. The molecular weight excluding hydrogens is 184 g/mol. The number of hydrogen-bond acceptors (Lipinski definition) is 3. The zero-order valence-corrected chi connectivity index (χ0v) is 8.20. The second-order valence-corrected chi connectivity index (χ2v) is 3.73. The van der Waals surface area contributed by atoms with Crippen LogP contribution in [0.5, 0.6) is 0 Å². The van der Waals surface area contributed by atoms with Crippen molar-refractivity contribution in [3.8, 4) is 0 Å². The SMILES string of the molecule is O=C(O)C(=O)OCCC1CCCCC1. The molecule has 1 fully saturated rings. The minimum absolute atomic E-state index is 0.246. The van der Waals surface area contributed by atoms with Crippen LogP contribution >= 0.6 is 0 Å². The Balaban J connectivity index is 2.08. The van der Waals surface area contributed by atoms with Crippen LogP contribution in [0.4, 0.5) is 0 Å². The number of hydrogen-bond donors (Lipinski definition) is 1. The van der Waals surface area contributed by atoms with Crippen molar-refractivity contribution in [3.63, 3.8) is 0 Å². The van der Waals surface area contributed by atoms with E-state index in [0.717, 1.165) is 6.42 Å². The summed E-state index contributed by atoms with van der Waals surface area (Å²) in [4.78, 5) is 20.7. The third-order valence-corrected chi connectivity index (χ3v) is 2.66. The second-order valence-electron chi connectivity index (χ2n) is 3.73. The van der Waals surface area contributed by atoms with Crippen LogP contribution in [0.1, 0.15) is 38.5 Å². The molecule has 0 radical (unpaired) electrons. The van der Waals surface area contributed by atoms with E-state index < -0.39 is 11.9 Å². The second kappa shape index (κ2) is 5.62. The van der Waals surface area contributed by atoms with Gasteiger partial charge in [0.15, 0.2) is 0 Å². The molecule has 0 atom stereocenters. The highest BCUT2D eigenvalue weighted by Gasteiger charge is 2.16. The van der Waals surface area contributed by atoms with E-state index in [-0.39, 0.29) is 6.61 Å². The fraction of sp³-hybridized carbons (Fsp3) is 0.800. The van der Waals surface area contributed by atoms with Crippen LogP contribution in [-0.4, -0.2) is 23.7 Å². The molecule has 4 heteroatoms. The predicted octanol–water partition coefficient (Wildman–Crippen LogP) is 1.58. The van der Waals surface area contributed by atoms with Gasteiger partial charge in [0.25, 0.3) is 0 Å². The molecule has 0 bridgehead atoms. The normalized spacial score (nSPS) is 17.7. The Morgan fingerprint density at radius 3 is 2.43 bits per heavy atom. The predicted molar refractivity (Wildman–Crippen MR) is 49.8 cm³/mol. The summed E-state index contributed by atoms with van der Waals surface area (Å²) < 4.78 is 4.57. The van der Waals surface area contributed by atoms with E-state index in [0.29, 0.717) is 5.92 Å². The van der Waals surface area contributed by atoms with Gasteiger partial charge in [-0.15, -0.1) is 0 Å². The Bertz CT molecular complexity index is 206. The largest absolute Gasteiger partial charge is 0.473 e. The first-order valence-corrected chi connectivity index (χ1v) is 5.10. The third kappa shape index (κ3) is 3.77. The Morgan fingerprint density at radius 2 is 1.86 bits per heavy atom. The standard InChI is InChI=1S/C10H16O4/c11-9(12)10(13)14-7-6-8-4-2-1-3-5-8/h8H,1-7H2,(H,11,12). The van der Waals surface area contributed by atoms with E-state index >= 15 is 0 Å². The van der Waals surface area contributed by atoms with Gasteiger partial charge in [0.1, 0.15) is 0 Å². The molecule has 0 saturated heterocycles. The smallest absolute Gasteiger partial charge is 0.417 e. The molecule has 0 spiro atoms. The highest BCUT2D eigenvalue weighted by molar-refractivity contribution is 6.28. The van der Waals surface area contributed by atoms with Gasteiger partial charge in [0.2, 0.25) is 0 Å². The molecule has 0 amide bonds. The number of aliphatic carboxylic acids is 1. The van der Waals surface area contributed by atoms with Crippen molar-refractivity contribution in [3.05, 3.63) is 0 Å². The van der Waals surface area contributed by atoms with Gasteiger partial charge in [-0.25, -0.2) is 9.59 Å². The first-order chi connectivity index (χ1) is 6.70. The lowest BCUT2D eigenvalue weighted by Crippen LogP contribution is -2.18. The van der Waals surface area contributed by atoms with Crippen molar-refractivity contribution in [2.45, 2.75) is 38.5 Å². The summed E-state index contributed by atoms with van der Waals surface area (Å²) in [5.74, 6) is -2.03. The summed E-state index contributed by atoms with van der Waals surface area (Å²) in [5, 5.41) is 8.24. The molecule has 0 aromatic carbocycles. The molecule has 4 nitrogen and oxygen atoms in total. The molecule has 1 rings (SSSR count). The molecule has 0 aliphatic heterocycles. The lowest BCUT2D eigenvalue weighted by molar-refractivity contribution is -0.164. The first kappa shape index (κ1) is 11.0. The van der Waals surface area contributed by atoms with Crippen molar-refractivity contribution in [2.24, 2.45) is 5.92 Å². The maximum absolute atomic E-state index is 10.6. The molecule has 1 N–H and O–H groups in total. The van der Waals surface area contributed by atoms with Crippen LogP contribution in [0, 0.1) is 5.92 Å². The van der Waals surface area contributed by atoms with Gasteiger partial charge >= 0.3 is 11.9 Å². The number of carboxylic acid groups (broad SMARTS) is 1. The fourth-order valence-corrected chi connectivity index (χ4v) is 1.86. The number of carbonyl (C=O) groups is 2. The number of carboxylic acids is 1. The van der Waals surface area contributed by atoms with Crippen molar-refractivity contribution in [2.75, 3.05) is 6.61 Å². The van der Waals surface area contributed by atoms with E-state index in [1.807, 2.05) is 0 Å². The van der Waals surface area contributed by atoms with E-state index in [9.17, 15) is 9.59 Å². The van der Waals surface area contributed by atoms with Gasteiger partial charge in [-0.1, -0.05) is 32.1 Å². The molecule has 80 valence electrons. The molecule has 1 aliphatic rings. The quantitative estimate of drug-likeness (QED) is 0.555. The summed E-state index contributed by atoms with van der Waals surface area (Å²) in [7, 11) is 0. The average molecular weight is 200 g/mol. The van der Waals surface area contributed by atoms with Gasteiger partial charge < -0.3 is 9.84 Å². The topological polar surface area (TPSA) is 63.6 Å². The Hall–Kier alpha value is -1.06. The van der Waals surface area contributed by atoms with Gasteiger partial charge in [-0.2, -0.15) is 0 Å². The molecule has 1 aliphatic carbocycles. The van der Waals surface area contributed by atoms with Crippen molar-refractivity contribution < 1.29 is 19.4 Å². The Labute approximate surface area is 83.2 Å². The van der Waals surface area contributed by atoms with Crippen LogP contribution in [0.25, 0.3) is 0 Å². The van der Waals surface area contributed by atoms with Crippen LogP contribution < -0.4 is 0 Å². The monoisotopic (exact) mass is 200 g/mol. The van der Waals surface area contributed by atoms with Gasteiger partial charge in [-0.3, -0.25) is 0 Å². The zero-order valence-electron chi connectivity index (χ0n) is 8.20. The van der Waals surface area contributed by atoms with Crippen LogP contribution in [-0.2, 0) is 14.3 Å². The molecule has 1 saturated carbocycles. The van der Waals surface area contributed by atoms with Gasteiger partial charge in [0, 0.05) is 0 Å². The average Bonchev–Trinajstić information content (AvgIpc) is 2.19. The summed E-state index contributed by atoms with van der Waals surface area (Å²) in [5.41, 5.74) is 0. The third-order valence-electron chi connectivity index (χ3n) is 2.66. The minimum atomic E-state index is -1.51. The van der Waals surface area contributed by atoms with Crippen molar-refractivity contribution in [1.82, 2.24) is 0 Å². The highest BCUT2D eigenvalue weighted by Crippen LogP contribution is 2.25. The molecule has 0 heterocycles. The van der Waals surface area contributed by atoms with Gasteiger partial charge in [-0.05, 0) is 12.3 Å². The lowest BCUT2D eigenvalue weighted by Gasteiger charge is -2.20. The minimum Gasteiger partial charge on any atom is -0.473 e. The maximum atomic E-state index is 10.6. The van der Waals surface area contributed by atoms with Crippen molar-refractivity contribution in [1.29, 1.82) is 0 Å². The van der Waals surface area contributed by atoms with Crippen LogP contribution in [0.15, 0.2) is 0 Å². The van der Waals surface area contributed by atoms with Crippen molar-refractivity contribution >= 4 is 11.9 Å². The molecule has 0 aromatic heterocycles.